The highest BCUT2D eigenvalue weighted by atomic mass is 19.3. The molecule has 0 aliphatic carbocycles. The molecule has 0 radical (unpaired) electrons. The molecule has 1 rings (SSSR count). The van der Waals surface area contributed by atoms with E-state index in [1.807, 2.05) is 0 Å². The molecule has 0 aliphatic heterocycles. The van der Waals surface area contributed by atoms with E-state index in [1.54, 1.807) is 30.1 Å². The summed E-state index contributed by atoms with van der Waals surface area (Å²) in [5.41, 5.74) is 0.383. The van der Waals surface area contributed by atoms with Gasteiger partial charge in [0.1, 0.15) is 0 Å². The van der Waals surface area contributed by atoms with Crippen molar-refractivity contribution in [1.82, 2.24) is 9.88 Å². The van der Waals surface area contributed by atoms with Gasteiger partial charge in [-0.25, -0.2) is 8.78 Å². The third-order valence-corrected chi connectivity index (χ3v) is 2.20. The average Bonchev–Trinajstić information content (AvgIpc) is 2.50. The van der Waals surface area contributed by atoms with Crippen molar-refractivity contribution in [3.8, 4) is 0 Å². The minimum absolute atomic E-state index is 0.383. The lowest BCUT2D eigenvalue weighted by Crippen LogP contribution is -2.43. The lowest BCUT2D eigenvalue weighted by molar-refractivity contribution is -0.0108. The lowest BCUT2D eigenvalue weighted by Gasteiger charge is -2.20. The van der Waals surface area contributed by atoms with Gasteiger partial charge < -0.3 is 9.88 Å². The van der Waals surface area contributed by atoms with E-state index in [9.17, 15) is 13.6 Å². The van der Waals surface area contributed by atoms with E-state index < -0.39 is 17.9 Å². The molecular weight excluding hydrogens is 202 g/mol. The van der Waals surface area contributed by atoms with Crippen molar-refractivity contribution < 1.29 is 13.6 Å². The molecule has 0 fully saturated rings. The molecule has 0 saturated heterocycles. The SMILES string of the molecule is C[C@H](NC(=O)c1ccn(C)c1)C(C)(F)F. The number of hydrogen-bond donors (Lipinski definition) is 1. The van der Waals surface area contributed by atoms with Crippen LogP contribution in [0.1, 0.15) is 24.2 Å². The summed E-state index contributed by atoms with van der Waals surface area (Å²) in [4.78, 5) is 11.5. The Morgan fingerprint density at radius 2 is 2.20 bits per heavy atom. The Morgan fingerprint density at radius 1 is 1.60 bits per heavy atom. The molecule has 0 bridgehead atoms. The Kier molecular flexibility index (Phi) is 3.12. The van der Waals surface area contributed by atoms with Gasteiger partial charge in [0.25, 0.3) is 11.8 Å². The van der Waals surface area contributed by atoms with Crippen LogP contribution in [0.4, 0.5) is 8.78 Å². The quantitative estimate of drug-likeness (QED) is 0.821. The Hall–Kier alpha value is -1.39. The van der Waals surface area contributed by atoms with Crippen LogP contribution in [-0.4, -0.2) is 22.4 Å². The summed E-state index contributed by atoms with van der Waals surface area (Å²) in [5, 5.41) is 2.25. The Balaban J connectivity index is 2.64. The summed E-state index contributed by atoms with van der Waals surface area (Å²) in [7, 11) is 1.76. The maximum Gasteiger partial charge on any atom is 0.264 e. The summed E-state index contributed by atoms with van der Waals surface area (Å²) < 4.78 is 27.2. The number of amides is 1. The van der Waals surface area contributed by atoms with E-state index >= 15 is 0 Å². The summed E-state index contributed by atoms with van der Waals surface area (Å²) in [6.07, 6.45) is 3.26. The molecule has 0 aromatic carbocycles. The number of alkyl halides is 2. The highest BCUT2D eigenvalue weighted by molar-refractivity contribution is 5.94. The van der Waals surface area contributed by atoms with Crippen molar-refractivity contribution in [2.24, 2.45) is 7.05 Å². The van der Waals surface area contributed by atoms with E-state index in [0.29, 0.717) is 5.56 Å². The molecule has 84 valence electrons. The molecule has 15 heavy (non-hydrogen) atoms. The molecule has 0 spiro atoms. The highest BCUT2D eigenvalue weighted by Gasteiger charge is 2.31. The number of nitrogens with zero attached hydrogens (tertiary/aromatic N) is 1. The summed E-state index contributed by atoms with van der Waals surface area (Å²) in [5.74, 6) is -3.39. The molecule has 1 N–H and O–H groups in total. The van der Waals surface area contributed by atoms with Crippen molar-refractivity contribution in [2.75, 3.05) is 0 Å². The van der Waals surface area contributed by atoms with Gasteiger partial charge in [0, 0.05) is 26.4 Å². The predicted octanol–water partition coefficient (Wildman–Crippen LogP) is 1.80. The number of hydrogen-bond acceptors (Lipinski definition) is 1. The van der Waals surface area contributed by atoms with Gasteiger partial charge in [-0.05, 0) is 13.0 Å². The fraction of sp³-hybridized carbons (Fsp3) is 0.500. The number of nitrogens with one attached hydrogen (secondary N) is 1. The van der Waals surface area contributed by atoms with Gasteiger partial charge in [0.05, 0.1) is 11.6 Å². The molecule has 1 aromatic heterocycles. The monoisotopic (exact) mass is 216 g/mol. The maximum atomic E-state index is 12.8. The average molecular weight is 216 g/mol. The fourth-order valence-corrected chi connectivity index (χ4v) is 1.04. The van der Waals surface area contributed by atoms with Crippen LogP contribution in [0.15, 0.2) is 18.5 Å². The van der Waals surface area contributed by atoms with Crippen LogP contribution in [0.2, 0.25) is 0 Å². The Bertz CT molecular complexity index is 355. The zero-order valence-corrected chi connectivity index (χ0v) is 8.92. The van der Waals surface area contributed by atoms with Gasteiger partial charge >= 0.3 is 0 Å². The number of aryl methyl sites for hydroxylation is 1. The van der Waals surface area contributed by atoms with Crippen LogP contribution in [0.3, 0.4) is 0 Å². The van der Waals surface area contributed by atoms with E-state index in [-0.39, 0.29) is 0 Å². The molecule has 1 aromatic rings. The minimum atomic E-state index is -2.91. The zero-order chi connectivity index (χ0) is 11.6. The van der Waals surface area contributed by atoms with E-state index in [1.165, 1.54) is 6.92 Å². The Labute approximate surface area is 87.1 Å². The normalized spacial score (nSPS) is 13.7. The molecular formula is C10H14F2N2O. The minimum Gasteiger partial charge on any atom is -0.356 e. The number of carbonyl (C=O) groups excluding carboxylic acids is 1. The number of halogens is 2. The van der Waals surface area contributed by atoms with E-state index in [2.05, 4.69) is 5.32 Å². The largest absolute Gasteiger partial charge is 0.356 e. The predicted molar refractivity (Wildman–Crippen MR) is 53.0 cm³/mol. The highest BCUT2D eigenvalue weighted by Crippen LogP contribution is 2.17. The fourth-order valence-electron chi connectivity index (χ4n) is 1.04. The van der Waals surface area contributed by atoms with Crippen molar-refractivity contribution in [2.45, 2.75) is 25.8 Å². The molecule has 1 atom stereocenters. The van der Waals surface area contributed by atoms with Gasteiger partial charge in [-0.3, -0.25) is 4.79 Å². The van der Waals surface area contributed by atoms with Crippen molar-refractivity contribution in [3.63, 3.8) is 0 Å². The first-order chi connectivity index (χ1) is 6.80. The molecule has 5 heteroatoms. The van der Waals surface area contributed by atoms with Gasteiger partial charge in [-0.1, -0.05) is 0 Å². The molecule has 0 saturated carbocycles. The number of aromatic nitrogens is 1. The zero-order valence-electron chi connectivity index (χ0n) is 8.92. The van der Waals surface area contributed by atoms with E-state index in [4.69, 9.17) is 0 Å². The second kappa shape index (κ2) is 4.00. The topological polar surface area (TPSA) is 34.0 Å². The molecule has 1 amide bonds. The first-order valence-corrected chi connectivity index (χ1v) is 4.61. The third kappa shape index (κ3) is 3.04. The van der Waals surface area contributed by atoms with Gasteiger partial charge in [-0.15, -0.1) is 0 Å². The first kappa shape index (κ1) is 11.7. The van der Waals surface area contributed by atoms with Gasteiger partial charge in [0.15, 0.2) is 0 Å². The van der Waals surface area contributed by atoms with Crippen molar-refractivity contribution in [1.29, 1.82) is 0 Å². The van der Waals surface area contributed by atoms with Crippen molar-refractivity contribution in [3.05, 3.63) is 24.0 Å². The van der Waals surface area contributed by atoms with Crippen LogP contribution in [0, 0.1) is 0 Å². The Morgan fingerprint density at radius 3 is 2.60 bits per heavy atom. The smallest absolute Gasteiger partial charge is 0.264 e. The molecule has 3 nitrogen and oxygen atoms in total. The molecule has 1 heterocycles. The summed E-state index contributed by atoms with van der Waals surface area (Å²) in [6.45, 7) is 2.06. The van der Waals surface area contributed by atoms with E-state index in [0.717, 1.165) is 6.92 Å². The van der Waals surface area contributed by atoms with Crippen LogP contribution in [-0.2, 0) is 7.05 Å². The van der Waals surface area contributed by atoms with Crippen LogP contribution < -0.4 is 5.32 Å². The second-order valence-electron chi connectivity index (χ2n) is 3.72. The number of carbonyl (C=O) groups is 1. The molecule has 0 aliphatic rings. The molecule has 0 unspecified atom stereocenters. The maximum absolute atomic E-state index is 12.8. The van der Waals surface area contributed by atoms with Gasteiger partial charge in [-0.2, -0.15) is 0 Å². The first-order valence-electron chi connectivity index (χ1n) is 4.61. The van der Waals surface area contributed by atoms with Crippen LogP contribution >= 0.6 is 0 Å². The second-order valence-corrected chi connectivity index (χ2v) is 3.72. The summed E-state index contributed by atoms with van der Waals surface area (Å²) in [6, 6.07) is 0.403. The number of rotatable bonds is 3. The van der Waals surface area contributed by atoms with Crippen LogP contribution in [0.5, 0.6) is 0 Å². The standard InChI is InChI=1S/C10H14F2N2O/c1-7(10(2,11)12)13-9(15)8-4-5-14(3)6-8/h4-7H,1-3H3,(H,13,15)/t7-/m0/s1. The lowest BCUT2D eigenvalue weighted by atomic mass is 10.2. The van der Waals surface area contributed by atoms with Gasteiger partial charge in [0.2, 0.25) is 0 Å². The van der Waals surface area contributed by atoms with Crippen LogP contribution in [0.25, 0.3) is 0 Å². The van der Waals surface area contributed by atoms with Crippen molar-refractivity contribution >= 4 is 5.91 Å². The third-order valence-electron chi connectivity index (χ3n) is 2.20. The summed E-state index contributed by atoms with van der Waals surface area (Å²) >= 11 is 0.